The summed E-state index contributed by atoms with van der Waals surface area (Å²) in [7, 11) is 0. The smallest absolute Gasteiger partial charge is 0.238 e. The topological polar surface area (TPSA) is 52.6 Å². The van der Waals surface area contributed by atoms with Gasteiger partial charge >= 0.3 is 0 Å². The van der Waals surface area contributed by atoms with Gasteiger partial charge in [0.05, 0.1) is 6.54 Å². The second-order valence-corrected chi connectivity index (χ2v) is 6.38. The summed E-state index contributed by atoms with van der Waals surface area (Å²) in [6.07, 6.45) is 3.08. The Morgan fingerprint density at radius 1 is 1.32 bits per heavy atom. The molecule has 2 N–H and O–H groups in total. The summed E-state index contributed by atoms with van der Waals surface area (Å²) in [5.74, 6) is 1.00. The maximum Gasteiger partial charge on any atom is 0.238 e. The molecular formula is C18H28N2O2. The Bertz CT molecular complexity index is 464. The van der Waals surface area contributed by atoms with Gasteiger partial charge in [0.1, 0.15) is 0 Å². The van der Waals surface area contributed by atoms with E-state index in [1.807, 2.05) is 12.1 Å². The summed E-state index contributed by atoms with van der Waals surface area (Å²) < 4.78 is 0. The molecule has 4 heteroatoms. The third kappa shape index (κ3) is 4.82. The second-order valence-electron chi connectivity index (χ2n) is 6.38. The zero-order valence-electron chi connectivity index (χ0n) is 13.7. The Hall–Kier alpha value is -1.39. The molecule has 1 amide bonds. The Labute approximate surface area is 133 Å². The van der Waals surface area contributed by atoms with E-state index < -0.39 is 0 Å². The number of hydrogen-bond acceptors (Lipinski definition) is 3. The van der Waals surface area contributed by atoms with E-state index in [4.69, 9.17) is 5.11 Å². The van der Waals surface area contributed by atoms with Crippen LogP contribution in [-0.4, -0.2) is 42.2 Å². The number of rotatable bonds is 6. The van der Waals surface area contributed by atoms with Crippen LogP contribution in [0.5, 0.6) is 0 Å². The first-order valence-electron chi connectivity index (χ1n) is 8.35. The average molecular weight is 304 g/mol. The van der Waals surface area contributed by atoms with Gasteiger partial charge in [-0.2, -0.15) is 0 Å². The van der Waals surface area contributed by atoms with E-state index in [1.54, 1.807) is 0 Å². The molecule has 0 radical (unpaired) electrons. The number of piperidine rings is 1. The quantitative estimate of drug-likeness (QED) is 0.849. The highest BCUT2D eigenvalue weighted by Crippen LogP contribution is 2.20. The molecule has 4 nitrogen and oxygen atoms in total. The number of carbonyl (C=O) groups excluding carboxylic acids is 1. The van der Waals surface area contributed by atoms with Gasteiger partial charge in [0, 0.05) is 12.3 Å². The fourth-order valence-corrected chi connectivity index (χ4v) is 2.86. The predicted molar refractivity (Wildman–Crippen MR) is 90.0 cm³/mol. The molecule has 122 valence electrons. The van der Waals surface area contributed by atoms with Gasteiger partial charge in [-0.05, 0) is 61.9 Å². The summed E-state index contributed by atoms with van der Waals surface area (Å²) in [5, 5.41) is 12.1. The highest BCUT2D eigenvalue weighted by atomic mass is 16.3. The summed E-state index contributed by atoms with van der Waals surface area (Å²) >= 11 is 0. The summed E-state index contributed by atoms with van der Waals surface area (Å²) in [6, 6.07) is 8.15. The van der Waals surface area contributed by atoms with Gasteiger partial charge in [0.2, 0.25) is 5.91 Å². The predicted octanol–water partition coefficient (Wildman–Crippen LogP) is 2.84. The van der Waals surface area contributed by atoms with Gasteiger partial charge in [0.15, 0.2) is 0 Å². The molecule has 2 rings (SSSR count). The third-order valence-electron chi connectivity index (χ3n) is 4.71. The molecule has 22 heavy (non-hydrogen) atoms. The van der Waals surface area contributed by atoms with Gasteiger partial charge in [-0.15, -0.1) is 0 Å². The van der Waals surface area contributed by atoms with Crippen molar-refractivity contribution < 1.29 is 9.90 Å². The first-order valence-corrected chi connectivity index (χ1v) is 8.35. The minimum Gasteiger partial charge on any atom is -0.396 e. The van der Waals surface area contributed by atoms with Crippen LogP contribution in [0.4, 0.5) is 5.69 Å². The summed E-state index contributed by atoms with van der Waals surface area (Å²) in [6.45, 7) is 6.88. The molecule has 1 aliphatic rings. The lowest BCUT2D eigenvalue weighted by Crippen LogP contribution is -2.39. The van der Waals surface area contributed by atoms with Crippen molar-refractivity contribution in [1.82, 2.24) is 4.90 Å². The molecular weight excluding hydrogens is 276 g/mol. The fourth-order valence-electron chi connectivity index (χ4n) is 2.86. The largest absolute Gasteiger partial charge is 0.396 e. The van der Waals surface area contributed by atoms with Gasteiger partial charge in [0.25, 0.3) is 0 Å². The van der Waals surface area contributed by atoms with Gasteiger partial charge in [-0.1, -0.05) is 26.0 Å². The summed E-state index contributed by atoms with van der Waals surface area (Å²) in [5.41, 5.74) is 2.17. The maximum atomic E-state index is 12.1. The SMILES string of the molecule is CCC(C)c1ccc(NC(=O)CN2CCC(CO)CC2)cc1. The lowest BCUT2D eigenvalue weighted by Gasteiger charge is -2.30. The molecule has 0 aliphatic carbocycles. The van der Waals surface area contributed by atoms with Crippen LogP contribution in [0.2, 0.25) is 0 Å². The van der Waals surface area contributed by atoms with E-state index in [2.05, 4.69) is 36.2 Å². The van der Waals surface area contributed by atoms with E-state index in [9.17, 15) is 4.79 Å². The van der Waals surface area contributed by atoms with Gasteiger partial charge < -0.3 is 10.4 Å². The molecule has 1 aromatic rings. The number of amides is 1. The molecule has 1 atom stereocenters. The molecule has 0 saturated carbocycles. The maximum absolute atomic E-state index is 12.1. The first kappa shape index (κ1) is 17.0. The number of aliphatic hydroxyl groups excluding tert-OH is 1. The number of carbonyl (C=O) groups is 1. The van der Waals surface area contributed by atoms with Crippen LogP contribution >= 0.6 is 0 Å². The lowest BCUT2D eigenvalue weighted by atomic mass is 9.98. The lowest BCUT2D eigenvalue weighted by molar-refractivity contribution is -0.117. The van der Waals surface area contributed by atoms with Crippen molar-refractivity contribution in [1.29, 1.82) is 0 Å². The zero-order valence-corrected chi connectivity index (χ0v) is 13.7. The molecule has 1 unspecified atom stereocenters. The first-order chi connectivity index (χ1) is 10.6. The highest BCUT2D eigenvalue weighted by molar-refractivity contribution is 5.92. The van der Waals surface area contributed by atoms with Crippen LogP contribution in [0.3, 0.4) is 0 Å². The van der Waals surface area contributed by atoms with E-state index in [1.165, 1.54) is 5.56 Å². The number of anilines is 1. The minimum atomic E-state index is 0.0405. The number of benzene rings is 1. The molecule has 0 spiro atoms. The van der Waals surface area contributed by atoms with Crippen LogP contribution in [-0.2, 0) is 4.79 Å². The summed E-state index contributed by atoms with van der Waals surface area (Å²) in [4.78, 5) is 14.3. The Morgan fingerprint density at radius 2 is 1.95 bits per heavy atom. The number of likely N-dealkylation sites (tertiary alicyclic amines) is 1. The van der Waals surface area contributed by atoms with Crippen LogP contribution < -0.4 is 5.32 Å². The Morgan fingerprint density at radius 3 is 2.50 bits per heavy atom. The van der Waals surface area contributed by atoms with Crippen molar-refractivity contribution in [3.8, 4) is 0 Å². The van der Waals surface area contributed by atoms with Gasteiger partial charge in [-0.25, -0.2) is 0 Å². The van der Waals surface area contributed by atoms with Crippen LogP contribution in [0.1, 0.15) is 44.6 Å². The molecule has 1 heterocycles. The van der Waals surface area contributed by atoms with Crippen molar-refractivity contribution in [2.24, 2.45) is 5.92 Å². The van der Waals surface area contributed by atoms with Gasteiger partial charge in [-0.3, -0.25) is 9.69 Å². The minimum absolute atomic E-state index is 0.0405. The molecule has 0 aromatic heterocycles. The van der Waals surface area contributed by atoms with E-state index in [-0.39, 0.29) is 12.5 Å². The van der Waals surface area contributed by atoms with Crippen LogP contribution in [0.25, 0.3) is 0 Å². The normalized spacial score (nSPS) is 18.1. The number of aliphatic hydroxyl groups is 1. The van der Waals surface area contributed by atoms with Crippen molar-refractivity contribution in [3.63, 3.8) is 0 Å². The molecule has 1 aliphatic heterocycles. The molecule has 0 bridgehead atoms. The molecule has 1 fully saturated rings. The number of nitrogens with one attached hydrogen (secondary N) is 1. The average Bonchev–Trinajstić information content (AvgIpc) is 2.55. The second kappa shape index (κ2) is 8.30. The number of nitrogens with zero attached hydrogens (tertiary/aromatic N) is 1. The zero-order chi connectivity index (χ0) is 15.9. The molecule has 1 saturated heterocycles. The monoisotopic (exact) mass is 304 g/mol. The van der Waals surface area contributed by atoms with E-state index in [0.717, 1.165) is 38.0 Å². The Balaban J connectivity index is 1.79. The number of hydrogen-bond donors (Lipinski definition) is 2. The van der Waals surface area contributed by atoms with E-state index >= 15 is 0 Å². The van der Waals surface area contributed by atoms with Crippen molar-refractivity contribution in [3.05, 3.63) is 29.8 Å². The molecule has 1 aromatic carbocycles. The van der Waals surface area contributed by atoms with Crippen molar-refractivity contribution in [2.45, 2.75) is 39.0 Å². The van der Waals surface area contributed by atoms with Crippen molar-refractivity contribution in [2.75, 3.05) is 31.6 Å². The standard InChI is InChI=1S/C18H28N2O2/c1-3-14(2)16-4-6-17(7-5-16)19-18(22)12-20-10-8-15(13-21)9-11-20/h4-7,14-15,21H,3,8-13H2,1-2H3,(H,19,22). The van der Waals surface area contributed by atoms with Crippen LogP contribution in [0, 0.1) is 5.92 Å². The fraction of sp³-hybridized carbons (Fsp3) is 0.611. The highest BCUT2D eigenvalue weighted by Gasteiger charge is 2.20. The third-order valence-corrected chi connectivity index (χ3v) is 4.71. The van der Waals surface area contributed by atoms with E-state index in [0.29, 0.717) is 18.4 Å². The van der Waals surface area contributed by atoms with Crippen LogP contribution in [0.15, 0.2) is 24.3 Å². The Kier molecular flexibility index (Phi) is 6.40. The van der Waals surface area contributed by atoms with Crippen molar-refractivity contribution >= 4 is 11.6 Å².